The molecule has 2 rings (SSSR count). The largest absolute Gasteiger partial charge is 0.370 e. The van der Waals surface area contributed by atoms with Gasteiger partial charge in [0, 0.05) is 12.6 Å². The van der Waals surface area contributed by atoms with Gasteiger partial charge >= 0.3 is 0 Å². The highest BCUT2D eigenvalue weighted by molar-refractivity contribution is 5.26. The summed E-state index contributed by atoms with van der Waals surface area (Å²) in [6.07, 6.45) is 2.16. The molecular weight excluding hydrogens is 198 g/mol. The summed E-state index contributed by atoms with van der Waals surface area (Å²) >= 11 is 0. The van der Waals surface area contributed by atoms with E-state index in [9.17, 15) is 0 Å². The van der Waals surface area contributed by atoms with E-state index in [0.29, 0.717) is 6.04 Å². The third-order valence-electron chi connectivity index (χ3n) is 3.59. The zero-order valence-electron chi connectivity index (χ0n) is 10.4. The second-order valence-corrected chi connectivity index (χ2v) is 4.92. The van der Waals surface area contributed by atoms with Gasteiger partial charge in [0.2, 0.25) is 0 Å². The molecule has 2 atom stereocenters. The summed E-state index contributed by atoms with van der Waals surface area (Å²) in [5, 5.41) is 3.36. The van der Waals surface area contributed by atoms with Gasteiger partial charge in [0.25, 0.3) is 0 Å². The molecule has 0 aromatic heterocycles. The van der Waals surface area contributed by atoms with Gasteiger partial charge in [-0.25, -0.2) is 0 Å². The zero-order chi connectivity index (χ0) is 11.6. The van der Waals surface area contributed by atoms with Crippen molar-refractivity contribution in [2.24, 2.45) is 0 Å². The van der Waals surface area contributed by atoms with Gasteiger partial charge in [0.05, 0.1) is 5.60 Å². The monoisotopic (exact) mass is 219 g/mol. The van der Waals surface area contributed by atoms with Gasteiger partial charge in [0.1, 0.15) is 0 Å². The Labute approximate surface area is 98.0 Å². The van der Waals surface area contributed by atoms with Gasteiger partial charge in [-0.3, -0.25) is 0 Å². The van der Waals surface area contributed by atoms with Crippen LogP contribution in [0.3, 0.4) is 0 Å². The SMILES string of the molecule is CNC1CCOC(C)(c2ccc(C)cc2)C1. The van der Waals surface area contributed by atoms with E-state index >= 15 is 0 Å². The summed E-state index contributed by atoms with van der Waals surface area (Å²) in [7, 11) is 2.03. The average Bonchev–Trinajstić information content (AvgIpc) is 2.29. The standard InChI is InChI=1S/C14H21NO/c1-11-4-6-12(7-5-11)14(2)10-13(15-3)8-9-16-14/h4-7,13,15H,8-10H2,1-3H3. The van der Waals surface area contributed by atoms with Crippen LogP contribution in [-0.2, 0) is 10.3 Å². The lowest BCUT2D eigenvalue weighted by Crippen LogP contribution is -2.42. The second kappa shape index (κ2) is 4.56. The van der Waals surface area contributed by atoms with E-state index < -0.39 is 0 Å². The van der Waals surface area contributed by atoms with E-state index in [0.717, 1.165) is 19.4 Å². The van der Waals surface area contributed by atoms with Crippen LogP contribution in [0, 0.1) is 6.92 Å². The molecule has 1 N–H and O–H groups in total. The van der Waals surface area contributed by atoms with Crippen LogP contribution in [0.4, 0.5) is 0 Å². The molecule has 0 amide bonds. The topological polar surface area (TPSA) is 21.3 Å². The summed E-state index contributed by atoms with van der Waals surface area (Å²) in [4.78, 5) is 0. The van der Waals surface area contributed by atoms with Gasteiger partial charge in [-0.15, -0.1) is 0 Å². The van der Waals surface area contributed by atoms with Crippen LogP contribution in [0.2, 0.25) is 0 Å². The third kappa shape index (κ3) is 2.28. The lowest BCUT2D eigenvalue weighted by molar-refractivity contribution is -0.0804. The summed E-state index contributed by atoms with van der Waals surface area (Å²) in [5.41, 5.74) is 2.46. The Morgan fingerprint density at radius 3 is 2.62 bits per heavy atom. The van der Waals surface area contributed by atoms with Crippen LogP contribution in [0.5, 0.6) is 0 Å². The maximum Gasteiger partial charge on any atom is 0.0918 e. The van der Waals surface area contributed by atoms with Gasteiger partial charge in [-0.05, 0) is 39.3 Å². The Kier molecular flexibility index (Phi) is 3.31. The highest BCUT2D eigenvalue weighted by Gasteiger charge is 2.34. The Morgan fingerprint density at radius 1 is 1.31 bits per heavy atom. The first-order valence-corrected chi connectivity index (χ1v) is 6.02. The highest BCUT2D eigenvalue weighted by Crippen LogP contribution is 2.34. The second-order valence-electron chi connectivity index (χ2n) is 4.92. The maximum atomic E-state index is 5.98. The normalized spacial score (nSPS) is 30.3. The summed E-state index contributed by atoms with van der Waals surface area (Å²) in [6, 6.07) is 9.26. The molecule has 1 aromatic rings. The van der Waals surface area contributed by atoms with Crippen molar-refractivity contribution in [3.05, 3.63) is 35.4 Å². The molecule has 1 heterocycles. The van der Waals surface area contributed by atoms with E-state index in [-0.39, 0.29) is 5.60 Å². The molecule has 16 heavy (non-hydrogen) atoms. The Bertz CT molecular complexity index is 346. The molecule has 0 aliphatic carbocycles. The maximum absolute atomic E-state index is 5.98. The Balaban J connectivity index is 2.20. The quantitative estimate of drug-likeness (QED) is 0.825. The summed E-state index contributed by atoms with van der Waals surface area (Å²) < 4.78 is 5.98. The molecule has 1 saturated heterocycles. The van der Waals surface area contributed by atoms with E-state index in [1.54, 1.807) is 0 Å². The van der Waals surface area contributed by atoms with E-state index in [1.165, 1.54) is 11.1 Å². The van der Waals surface area contributed by atoms with Gasteiger partial charge < -0.3 is 10.1 Å². The van der Waals surface area contributed by atoms with Crippen LogP contribution >= 0.6 is 0 Å². The van der Waals surface area contributed by atoms with Crippen molar-refractivity contribution >= 4 is 0 Å². The number of nitrogens with one attached hydrogen (secondary N) is 1. The van der Waals surface area contributed by atoms with Crippen molar-refractivity contribution in [3.8, 4) is 0 Å². The molecule has 2 unspecified atom stereocenters. The van der Waals surface area contributed by atoms with Crippen LogP contribution < -0.4 is 5.32 Å². The van der Waals surface area contributed by atoms with E-state index in [4.69, 9.17) is 4.74 Å². The molecule has 2 nitrogen and oxygen atoms in total. The van der Waals surface area contributed by atoms with Crippen LogP contribution in [0.15, 0.2) is 24.3 Å². The number of aryl methyl sites for hydroxylation is 1. The van der Waals surface area contributed by atoms with Crippen molar-refractivity contribution in [1.29, 1.82) is 0 Å². The fourth-order valence-corrected chi connectivity index (χ4v) is 2.41. The lowest BCUT2D eigenvalue weighted by Gasteiger charge is -2.38. The highest BCUT2D eigenvalue weighted by atomic mass is 16.5. The predicted octanol–water partition coefficient (Wildman–Crippen LogP) is 2.61. The minimum Gasteiger partial charge on any atom is -0.370 e. The van der Waals surface area contributed by atoms with Gasteiger partial charge in [-0.2, -0.15) is 0 Å². The number of benzene rings is 1. The average molecular weight is 219 g/mol. The molecule has 1 aliphatic rings. The summed E-state index contributed by atoms with van der Waals surface area (Å²) in [6.45, 7) is 5.15. The number of rotatable bonds is 2. The number of hydrogen-bond donors (Lipinski definition) is 1. The fraction of sp³-hybridized carbons (Fsp3) is 0.571. The number of hydrogen-bond acceptors (Lipinski definition) is 2. The molecule has 0 bridgehead atoms. The van der Waals surface area contributed by atoms with Crippen molar-refractivity contribution < 1.29 is 4.74 Å². The minimum atomic E-state index is -0.125. The third-order valence-corrected chi connectivity index (χ3v) is 3.59. The number of ether oxygens (including phenoxy) is 1. The molecule has 1 fully saturated rings. The zero-order valence-corrected chi connectivity index (χ0v) is 10.4. The van der Waals surface area contributed by atoms with Crippen molar-refractivity contribution in [2.75, 3.05) is 13.7 Å². The van der Waals surface area contributed by atoms with Crippen molar-refractivity contribution in [2.45, 2.75) is 38.3 Å². The van der Waals surface area contributed by atoms with E-state index in [1.807, 2.05) is 7.05 Å². The Morgan fingerprint density at radius 2 is 2.00 bits per heavy atom. The van der Waals surface area contributed by atoms with Gasteiger partial charge in [0.15, 0.2) is 0 Å². The van der Waals surface area contributed by atoms with Crippen LogP contribution in [-0.4, -0.2) is 19.7 Å². The van der Waals surface area contributed by atoms with Crippen LogP contribution in [0.25, 0.3) is 0 Å². The molecule has 0 radical (unpaired) electrons. The molecule has 1 aliphatic heterocycles. The fourth-order valence-electron chi connectivity index (χ4n) is 2.41. The molecule has 2 heteroatoms. The van der Waals surface area contributed by atoms with Crippen molar-refractivity contribution in [1.82, 2.24) is 5.32 Å². The Hall–Kier alpha value is -0.860. The molecular formula is C14H21NO. The van der Waals surface area contributed by atoms with Crippen molar-refractivity contribution in [3.63, 3.8) is 0 Å². The first-order valence-electron chi connectivity index (χ1n) is 6.02. The molecule has 1 aromatic carbocycles. The molecule has 0 spiro atoms. The van der Waals surface area contributed by atoms with E-state index in [2.05, 4.69) is 43.4 Å². The smallest absolute Gasteiger partial charge is 0.0918 e. The first kappa shape index (κ1) is 11.6. The molecule has 0 saturated carbocycles. The first-order chi connectivity index (χ1) is 7.64. The summed E-state index contributed by atoms with van der Waals surface area (Å²) in [5.74, 6) is 0. The predicted molar refractivity (Wildman–Crippen MR) is 66.6 cm³/mol. The lowest BCUT2D eigenvalue weighted by atomic mass is 9.85. The molecule has 88 valence electrons. The van der Waals surface area contributed by atoms with Crippen LogP contribution in [0.1, 0.15) is 30.9 Å². The minimum absolute atomic E-state index is 0.125. The van der Waals surface area contributed by atoms with Gasteiger partial charge in [-0.1, -0.05) is 29.8 Å².